The van der Waals surface area contributed by atoms with E-state index in [4.69, 9.17) is 9.47 Å². The first-order valence-electron chi connectivity index (χ1n) is 8.96. The predicted octanol–water partition coefficient (Wildman–Crippen LogP) is 1.64. The minimum Gasteiger partial charge on any atom is -0.376 e. The van der Waals surface area contributed by atoms with Gasteiger partial charge >= 0.3 is 0 Å². The lowest BCUT2D eigenvalue weighted by atomic mass is 10.1. The Kier molecular flexibility index (Phi) is 5.50. The Morgan fingerprint density at radius 1 is 1.38 bits per heavy atom. The summed E-state index contributed by atoms with van der Waals surface area (Å²) in [5.74, 6) is 1.76. The first kappa shape index (κ1) is 17.4. The van der Waals surface area contributed by atoms with Gasteiger partial charge in [-0.2, -0.15) is 5.10 Å². The van der Waals surface area contributed by atoms with Crippen molar-refractivity contribution in [3.63, 3.8) is 0 Å². The van der Waals surface area contributed by atoms with Crippen molar-refractivity contribution in [3.8, 4) is 0 Å². The maximum Gasteiger partial charge on any atom is 0.251 e. The Hall–Kier alpha value is -1.47. The van der Waals surface area contributed by atoms with Crippen LogP contribution in [0.15, 0.2) is 0 Å². The number of aromatic nitrogens is 3. The van der Waals surface area contributed by atoms with Crippen LogP contribution in [0.1, 0.15) is 50.3 Å². The smallest absolute Gasteiger partial charge is 0.251 e. The first-order chi connectivity index (χ1) is 11.5. The van der Waals surface area contributed by atoms with Crippen molar-refractivity contribution in [2.45, 2.75) is 64.7 Å². The molecular weight excluding hydrogens is 308 g/mol. The number of likely N-dealkylation sites (tertiary alicyclic amines) is 1. The number of ether oxygens (including phenoxy) is 2. The average Bonchev–Trinajstić information content (AvgIpc) is 3.21. The summed E-state index contributed by atoms with van der Waals surface area (Å²) < 4.78 is 13.3. The second kappa shape index (κ2) is 7.61. The second-order valence-corrected chi connectivity index (χ2v) is 6.84. The number of piperidine rings is 1. The van der Waals surface area contributed by atoms with E-state index in [0.717, 1.165) is 50.5 Å². The summed E-state index contributed by atoms with van der Waals surface area (Å²) in [5, 5.41) is 4.48. The summed E-state index contributed by atoms with van der Waals surface area (Å²) in [4.78, 5) is 19.0. The van der Waals surface area contributed by atoms with Crippen molar-refractivity contribution >= 4 is 5.91 Å². The van der Waals surface area contributed by atoms with E-state index >= 15 is 0 Å². The summed E-state index contributed by atoms with van der Waals surface area (Å²) in [6.45, 7) is 8.48. The molecule has 1 aromatic heterocycles. The summed E-state index contributed by atoms with van der Waals surface area (Å²) >= 11 is 0. The zero-order valence-electron chi connectivity index (χ0n) is 14.9. The number of hydrogen-bond acceptors (Lipinski definition) is 5. The molecule has 3 atom stereocenters. The highest BCUT2D eigenvalue weighted by molar-refractivity contribution is 5.80. The van der Waals surface area contributed by atoms with Gasteiger partial charge < -0.3 is 14.4 Å². The molecular formula is C17H28N4O3. The van der Waals surface area contributed by atoms with Crippen molar-refractivity contribution in [1.29, 1.82) is 0 Å². The summed E-state index contributed by atoms with van der Waals surface area (Å²) in [6, 6.07) is 0.203. The number of hydrogen-bond donors (Lipinski definition) is 0. The van der Waals surface area contributed by atoms with Crippen LogP contribution in [0.25, 0.3) is 0 Å². The van der Waals surface area contributed by atoms with E-state index in [1.807, 2.05) is 30.4 Å². The van der Waals surface area contributed by atoms with Crippen LogP contribution in [0.5, 0.6) is 0 Å². The molecule has 0 N–H and O–H groups in total. The van der Waals surface area contributed by atoms with Crippen LogP contribution in [-0.2, 0) is 14.3 Å². The molecule has 0 aliphatic carbocycles. The Morgan fingerprint density at radius 3 is 2.88 bits per heavy atom. The van der Waals surface area contributed by atoms with Crippen molar-refractivity contribution in [1.82, 2.24) is 19.7 Å². The maximum absolute atomic E-state index is 12.7. The van der Waals surface area contributed by atoms with Crippen LogP contribution < -0.4 is 0 Å². The Labute approximate surface area is 143 Å². The van der Waals surface area contributed by atoms with Crippen molar-refractivity contribution < 1.29 is 14.3 Å². The van der Waals surface area contributed by atoms with Crippen LogP contribution in [0, 0.1) is 13.8 Å². The van der Waals surface area contributed by atoms with Crippen LogP contribution in [0.4, 0.5) is 0 Å². The molecule has 1 aromatic rings. The molecule has 0 aromatic carbocycles. The van der Waals surface area contributed by atoms with E-state index in [9.17, 15) is 4.79 Å². The molecule has 3 rings (SSSR count). The summed E-state index contributed by atoms with van der Waals surface area (Å²) in [7, 11) is 0. The zero-order chi connectivity index (χ0) is 17.1. The number of rotatable bonds is 5. The van der Waals surface area contributed by atoms with Gasteiger partial charge in [-0.3, -0.25) is 4.79 Å². The van der Waals surface area contributed by atoms with E-state index in [1.54, 1.807) is 0 Å². The molecule has 0 radical (unpaired) electrons. The Balaban J connectivity index is 1.55. The van der Waals surface area contributed by atoms with Gasteiger partial charge in [0.15, 0.2) is 0 Å². The van der Waals surface area contributed by atoms with Gasteiger partial charge in [-0.25, -0.2) is 9.67 Å². The number of carbonyl (C=O) groups excluding carboxylic acids is 1. The summed E-state index contributed by atoms with van der Waals surface area (Å²) in [5.41, 5.74) is 0. The van der Waals surface area contributed by atoms with Crippen molar-refractivity contribution in [3.05, 3.63) is 11.6 Å². The van der Waals surface area contributed by atoms with Gasteiger partial charge in [0.1, 0.15) is 17.8 Å². The van der Waals surface area contributed by atoms with Gasteiger partial charge in [0, 0.05) is 19.7 Å². The monoisotopic (exact) mass is 336 g/mol. The Bertz CT molecular complexity index is 568. The van der Waals surface area contributed by atoms with Gasteiger partial charge in [-0.05, 0) is 46.5 Å². The fraction of sp³-hybridized carbons (Fsp3) is 0.824. The number of carbonyl (C=O) groups is 1. The van der Waals surface area contributed by atoms with Crippen LogP contribution in [0.2, 0.25) is 0 Å². The molecule has 134 valence electrons. The van der Waals surface area contributed by atoms with E-state index in [1.165, 1.54) is 0 Å². The van der Waals surface area contributed by atoms with Crippen LogP contribution >= 0.6 is 0 Å². The molecule has 2 fully saturated rings. The van der Waals surface area contributed by atoms with Crippen LogP contribution in [0.3, 0.4) is 0 Å². The molecule has 3 heterocycles. The lowest BCUT2D eigenvalue weighted by Crippen LogP contribution is -2.46. The Morgan fingerprint density at radius 2 is 2.21 bits per heavy atom. The topological polar surface area (TPSA) is 69.5 Å². The molecule has 2 saturated heterocycles. The van der Waals surface area contributed by atoms with Crippen molar-refractivity contribution in [2.75, 3.05) is 26.3 Å². The molecule has 0 spiro atoms. The second-order valence-electron chi connectivity index (χ2n) is 6.84. The molecule has 7 nitrogen and oxygen atoms in total. The lowest BCUT2D eigenvalue weighted by Gasteiger charge is -2.34. The lowest BCUT2D eigenvalue weighted by molar-refractivity contribution is -0.146. The highest BCUT2D eigenvalue weighted by atomic mass is 16.5. The van der Waals surface area contributed by atoms with Crippen LogP contribution in [-0.4, -0.2) is 64.1 Å². The van der Waals surface area contributed by atoms with Gasteiger partial charge in [0.05, 0.1) is 18.8 Å². The van der Waals surface area contributed by atoms with Gasteiger partial charge in [0.2, 0.25) is 0 Å². The number of amides is 1. The third-order valence-corrected chi connectivity index (χ3v) is 4.87. The maximum atomic E-state index is 12.7. The molecule has 1 amide bonds. The minimum absolute atomic E-state index is 0.0622. The SMILES string of the molecule is Cc1nc(C)n([C@@H]2CCCN(C(=O)[C@@H](C)OC[C@@H]3CCCO3)C2)n1. The molecule has 7 heteroatoms. The van der Waals surface area contributed by atoms with Gasteiger partial charge in [0.25, 0.3) is 5.91 Å². The predicted molar refractivity (Wildman–Crippen MR) is 88.7 cm³/mol. The minimum atomic E-state index is -0.425. The van der Waals surface area contributed by atoms with Crippen molar-refractivity contribution in [2.24, 2.45) is 0 Å². The standard InChI is InChI=1S/C17H28N4O3/c1-12(24-11-16-7-5-9-23-16)17(22)20-8-4-6-15(10-20)21-14(3)18-13(2)19-21/h12,15-16H,4-11H2,1-3H3/t12-,15-,16+/m1/s1. The third kappa shape index (κ3) is 3.95. The highest BCUT2D eigenvalue weighted by Crippen LogP contribution is 2.23. The van der Waals surface area contributed by atoms with E-state index in [-0.39, 0.29) is 18.1 Å². The number of aryl methyl sites for hydroxylation is 2. The third-order valence-electron chi connectivity index (χ3n) is 4.87. The fourth-order valence-electron chi connectivity index (χ4n) is 3.59. The molecule has 2 aliphatic rings. The number of nitrogens with zero attached hydrogens (tertiary/aromatic N) is 4. The first-order valence-corrected chi connectivity index (χ1v) is 8.96. The quantitative estimate of drug-likeness (QED) is 0.818. The van der Waals surface area contributed by atoms with Gasteiger partial charge in [-0.15, -0.1) is 0 Å². The fourth-order valence-corrected chi connectivity index (χ4v) is 3.59. The van der Waals surface area contributed by atoms with E-state index in [2.05, 4.69) is 10.1 Å². The van der Waals surface area contributed by atoms with E-state index in [0.29, 0.717) is 13.2 Å². The van der Waals surface area contributed by atoms with E-state index < -0.39 is 6.10 Å². The van der Waals surface area contributed by atoms with Gasteiger partial charge in [-0.1, -0.05) is 0 Å². The average molecular weight is 336 g/mol. The normalized spacial score (nSPS) is 25.9. The summed E-state index contributed by atoms with van der Waals surface area (Å²) in [6.07, 6.45) is 3.84. The zero-order valence-corrected chi connectivity index (χ0v) is 14.9. The molecule has 24 heavy (non-hydrogen) atoms. The largest absolute Gasteiger partial charge is 0.376 e. The molecule has 0 unspecified atom stereocenters. The molecule has 2 aliphatic heterocycles. The molecule has 0 saturated carbocycles. The molecule has 0 bridgehead atoms. The highest BCUT2D eigenvalue weighted by Gasteiger charge is 2.30.